The lowest BCUT2D eigenvalue weighted by molar-refractivity contribution is -0.140. The number of ether oxygens (including phenoxy) is 2. The zero-order chi connectivity index (χ0) is 21.6. The van der Waals surface area contributed by atoms with E-state index in [0.29, 0.717) is 25.0 Å². The van der Waals surface area contributed by atoms with Gasteiger partial charge in [0.15, 0.2) is 5.96 Å². The van der Waals surface area contributed by atoms with Gasteiger partial charge in [0.05, 0.1) is 19.3 Å². The Hall–Kier alpha value is -0.610. The average molecular weight is 551 g/mol. The molecule has 3 rings (SSSR count). The number of hydrogen-bond acceptors (Lipinski definition) is 4. The average Bonchev–Trinajstić information content (AvgIpc) is 2.76. The first-order chi connectivity index (χ1) is 14.4. The molecule has 0 spiro atoms. The third-order valence-corrected chi connectivity index (χ3v) is 6.58. The molecule has 0 aromatic rings. The lowest BCUT2D eigenvalue weighted by atomic mass is 9.78. The molecule has 2 unspecified atom stereocenters. The Bertz CT molecular complexity index is 582. The highest BCUT2D eigenvalue weighted by Gasteiger charge is 2.35. The summed E-state index contributed by atoms with van der Waals surface area (Å²) in [6, 6.07) is 0. The quantitative estimate of drug-likeness (QED) is 0.331. The van der Waals surface area contributed by atoms with E-state index >= 15 is 0 Å². The smallest absolute Gasteiger partial charge is 0.225 e. The summed E-state index contributed by atoms with van der Waals surface area (Å²) in [5.41, 5.74) is 0.136. The number of likely N-dealkylation sites (tertiary alicyclic amines) is 1. The van der Waals surface area contributed by atoms with Crippen molar-refractivity contribution < 1.29 is 14.3 Å². The molecule has 0 saturated carbocycles. The molecule has 1 amide bonds. The predicted molar refractivity (Wildman–Crippen MR) is 135 cm³/mol. The number of aliphatic imine (C=N–C) groups is 1. The first-order valence-electron chi connectivity index (χ1n) is 11.9. The molecular formula is C23H43IN4O3. The number of halogens is 1. The SMILES string of the molecule is CCNC(=NCC1CCCOC1C(C)(C)C)N1CCC(C(=O)N2CCOCC2)CC1.I. The van der Waals surface area contributed by atoms with Crippen LogP contribution in [0.3, 0.4) is 0 Å². The number of carbonyl (C=O) groups excluding carboxylic acids is 1. The van der Waals surface area contributed by atoms with Crippen molar-refractivity contribution in [1.82, 2.24) is 15.1 Å². The summed E-state index contributed by atoms with van der Waals surface area (Å²) in [5, 5.41) is 3.48. The van der Waals surface area contributed by atoms with Crippen LogP contribution in [0.4, 0.5) is 0 Å². The van der Waals surface area contributed by atoms with Gasteiger partial charge in [-0.2, -0.15) is 0 Å². The van der Waals surface area contributed by atoms with Crippen molar-refractivity contribution in [2.45, 2.75) is 59.5 Å². The minimum absolute atomic E-state index is 0. The Morgan fingerprint density at radius 3 is 2.32 bits per heavy atom. The van der Waals surface area contributed by atoms with Crippen LogP contribution in [0.2, 0.25) is 0 Å². The van der Waals surface area contributed by atoms with Crippen LogP contribution >= 0.6 is 24.0 Å². The van der Waals surface area contributed by atoms with Gasteiger partial charge in [-0.05, 0) is 38.0 Å². The molecule has 31 heavy (non-hydrogen) atoms. The predicted octanol–water partition coefficient (Wildman–Crippen LogP) is 2.98. The second-order valence-electron chi connectivity index (χ2n) is 9.95. The number of rotatable bonds is 4. The van der Waals surface area contributed by atoms with E-state index in [1.165, 1.54) is 6.42 Å². The molecule has 1 N–H and O–H groups in total. The lowest BCUT2D eigenvalue weighted by Crippen LogP contribution is -2.50. The van der Waals surface area contributed by atoms with Gasteiger partial charge in [0.2, 0.25) is 5.91 Å². The number of morpholine rings is 1. The standard InChI is InChI=1S/C23H42N4O3.HI/c1-5-24-22(25-17-19-7-6-14-30-20(19)23(2,3)4)27-10-8-18(9-11-27)21(28)26-12-15-29-16-13-26;/h18-20H,5-17H2,1-4H3,(H,24,25);1H. The van der Waals surface area contributed by atoms with Gasteiger partial charge in [0.1, 0.15) is 0 Å². The molecule has 3 heterocycles. The van der Waals surface area contributed by atoms with Crippen LogP contribution < -0.4 is 5.32 Å². The molecule has 8 heteroatoms. The van der Waals surface area contributed by atoms with Gasteiger partial charge < -0.3 is 24.6 Å². The topological polar surface area (TPSA) is 66.4 Å². The number of carbonyl (C=O) groups is 1. The fraction of sp³-hybridized carbons (Fsp3) is 0.913. The lowest BCUT2D eigenvalue weighted by Gasteiger charge is -2.40. The Morgan fingerprint density at radius 1 is 1.03 bits per heavy atom. The number of amides is 1. The van der Waals surface area contributed by atoms with Crippen molar-refractivity contribution in [1.29, 1.82) is 0 Å². The molecular weight excluding hydrogens is 507 g/mol. The molecule has 3 aliphatic rings. The third-order valence-electron chi connectivity index (χ3n) is 6.58. The van der Waals surface area contributed by atoms with E-state index in [4.69, 9.17) is 14.5 Å². The molecule has 3 saturated heterocycles. The summed E-state index contributed by atoms with van der Waals surface area (Å²) in [5.74, 6) is 1.91. The van der Waals surface area contributed by atoms with Crippen LogP contribution in [-0.2, 0) is 14.3 Å². The zero-order valence-electron chi connectivity index (χ0n) is 19.9. The summed E-state index contributed by atoms with van der Waals surface area (Å²) in [7, 11) is 0. The van der Waals surface area contributed by atoms with E-state index in [1.807, 2.05) is 4.90 Å². The van der Waals surface area contributed by atoms with Gasteiger partial charge in [0.25, 0.3) is 0 Å². The first kappa shape index (κ1) is 26.6. The fourth-order valence-electron chi connectivity index (χ4n) is 5.00. The summed E-state index contributed by atoms with van der Waals surface area (Å²) in [4.78, 5) is 22.2. The van der Waals surface area contributed by atoms with Crippen molar-refractivity contribution in [3.05, 3.63) is 0 Å². The minimum atomic E-state index is 0. The van der Waals surface area contributed by atoms with Crippen LogP contribution in [0.5, 0.6) is 0 Å². The Morgan fingerprint density at radius 2 is 1.71 bits per heavy atom. The molecule has 0 bridgehead atoms. The number of piperidine rings is 1. The molecule has 0 aromatic heterocycles. The van der Waals surface area contributed by atoms with Crippen molar-refractivity contribution in [2.24, 2.45) is 22.2 Å². The van der Waals surface area contributed by atoms with Gasteiger partial charge in [-0.1, -0.05) is 20.8 Å². The highest BCUT2D eigenvalue weighted by atomic mass is 127. The summed E-state index contributed by atoms with van der Waals surface area (Å²) < 4.78 is 11.5. The van der Waals surface area contributed by atoms with Crippen LogP contribution in [0.1, 0.15) is 53.4 Å². The van der Waals surface area contributed by atoms with Crippen LogP contribution in [0, 0.1) is 17.3 Å². The zero-order valence-corrected chi connectivity index (χ0v) is 22.2. The van der Waals surface area contributed by atoms with Gasteiger partial charge in [-0.25, -0.2) is 0 Å². The maximum Gasteiger partial charge on any atom is 0.225 e. The highest BCUT2D eigenvalue weighted by molar-refractivity contribution is 14.0. The number of nitrogens with one attached hydrogen (secondary N) is 1. The third kappa shape index (κ3) is 7.45. The second-order valence-corrected chi connectivity index (χ2v) is 9.95. The van der Waals surface area contributed by atoms with E-state index in [1.54, 1.807) is 0 Å². The summed E-state index contributed by atoms with van der Waals surface area (Å²) in [6.07, 6.45) is 4.37. The second kappa shape index (κ2) is 12.6. The maximum atomic E-state index is 12.8. The molecule has 0 aliphatic carbocycles. The van der Waals surface area contributed by atoms with E-state index < -0.39 is 0 Å². The minimum Gasteiger partial charge on any atom is -0.378 e. The van der Waals surface area contributed by atoms with Crippen LogP contribution in [0.15, 0.2) is 4.99 Å². The van der Waals surface area contributed by atoms with Crippen molar-refractivity contribution in [3.8, 4) is 0 Å². The Labute approximate surface area is 205 Å². The molecule has 180 valence electrons. The van der Waals surface area contributed by atoms with Gasteiger partial charge in [-0.15, -0.1) is 24.0 Å². The van der Waals surface area contributed by atoms with Crippen molar-refractivity contribution >= 4 is 35.8 Å². The Balaban J connectivity index is 0.00000341. The summed E-state index contributed by atoms with van der Waals surface area (Å²) in [6.45, 7) is 16.0. The normalized spacial score (nSPS) is 26.4. The number of guanidine groups is 1. The molecule has 0 radical (unpaired) electrons. The monoisotopic (exact) mass is 550 g/mol. The maximum absolute atomic E-state index is 12.8. The molecule has 0 aromatic carbocycles. The number of nitrogens with zero attached hydrogens (tertiary/aromatic N) is 3. The van der Waals surface area contributed by atoms with Gasteiger partial charge in [-0.3, -0.25) is 9.79 Å². The van der Waals surface area contributed by atoms with Crippen LogP contribution in [0.25, 0.3) is 0 Å². The van der Waals surface area contributed by atoms with Crippen molar-refractivity contribution in [2.75, 3.05) is 59.1 Å². The largest absolute Gasteiger partial charge is 0.378 e. The fourth-order valence-corrected chi connectivity index (χ4v) is 5.00. The summed E-state index contributed by atoms with van der Waals surface area (Å²) >= 11 is 0. The van der Waals surface area contributed by atoms with Crippen molar-refractivity contribution in [3.63, 3.8) is 0 Å². The van der Waals surface area contributed by atoms with Gasteiger partial charge in [0, 0.05) is 57.7 Å². The van der Waals surface area contributed by atoms with E-state index in [2.05, 4.69) is 37.9 Å². The van der Waals surface area contributed by atoms with Gasteiger partial charge >= 0.3 is 0 Å². The molecule has 3 fully saturated rings. The highest BCUT2D eigenvalue weighted by Crippen LogP contribution is 2.34. The van der Waals surface area contributed by atoms with E-state index in [-0.39, 0.29) is 41.4 Å². The van der Waals surface area contributed by atoms with Crippen LogP contribution in [-0.4, -0.2) is 86.9 Å². The van der Waals surface area contributed by atoms with E-state index in [9.17, 15) is 4.79 Å². The first-order valence-corrected chi connectivity index (χ1v) is 11.9. The molecule has 2 atom stereocenters. The molecule has 3 aliphatic heterocycles. The van der Waals surface area contributed by atoms with E-state index in [0.717, 1.165) is 71.1 Å². The molecule has 7 nitrogen and oxygen atoms in total. The number of hydrogen-bond donors (Lipinski definition) is 1. The Kier molecular flexibility index (Phi) is 10.8.